The molecule has 0 rings (SSSR count). The van der Waals surface area contributed by atoms with Crippen molar-refractivity contribution in [2.45, 2.75) is 368 Å². The molecule has 0 aliphatic heterocycles. The minimum atomic E-state index is -0.763. The van der Waals surface area contributed by atoms with Crippen LogP contribution in [0.4, 0.5) is 0 Å². The smallest absolute Gasteiger partial charge is 0.306 e. The Balaban J connectivity index is 4.27. The van der Waals surface area contributed by atoms with Crippen LogP contribution >= 0.6 is 0 Å². The molecule has 0 fully saturated rings. The van der Waals surface area contributed by atoms with Crippen LogP contribution in [0.25, 0.3) is 0 Å². The van der Waals surface area contributed by atoms with Crippen molar-refractivity contribution in [2.24, 2.45) is 11.8 Å². The molecule has 0 N–H and O–H groups in total. The van der Waals surface area contributed by atoms with Crippen LogP contribution in [-0.4, -0.2) is 37.2 Å². The van der Waals surface area contributed by atoms with E-state index in [1.54, 1.807) is 0 Å². The van der Waals surface area contributed by atoms with E-state index < -0.39 is 6.10 Å². The van der Waals surface area contributed by atoms with Crippen LogP contribution in [0, 0.1) is 11.8 Å². The van der Waals surface area contributed by atoms with Crippen LogP contribution in [0.15, 0.2) is 0 Å². The predicted octanol–water partition coefficient (Wildman–Crippen LogP) is 21.2. The molecule has 0 unspecified atom stereocenters. The average molecular weight is 990 g/mol. The fourth-order valence-electron chi connectivity index (χ4n) is 9.93. The zero-order chi connectivity index (χ0) is 51.1. The van der Waals surface area contributed by atoms with Crippen molar-refractivity contribution in [1.82, 2.24) is 0 Å². The Kier molecular flexibility index (Phi) is 55.4. The fourth-order valence-corrected chi connectivity index (χ4v) is 9.93. The van der Waals surface area contributed by atoms with Gasteiger partial charge in [-0.3, -0.25) is 14.4 Å². The Hall–Kier alpha value is -1.59. The summed E-state index contributed by atoms with van der Waals surface area (Å²) in [6.07, 6.45) is 62.4. The topological polar surface area (TPSA) is 78.9 Å². The third kappa shape index (κ3) is 57.3. The Morgan fingerprint density at radius 1 is 0.271 bits per heavy atom. The first-order valence-corrected chi connectivity index (χ1v) is 31.7. The normalized spacial score (nSPS) is 12.0. The van der Waals surface area contributed by atoms with Gasteiger partial charge in [0.2, 0.25) is 0 Å². The lowest BCUT2D eigenvalue weighted by Crippen LogP contribution is -2.30. The molecule has 0 radical (unpaired) electrons. The first-order chi connectivity index (χ1) is 34.2. The van der Waals surface area contributed by atoms with Gasteiger partial charge in [-0.25, -0.2) is 0 Å². The zero-order valence-corrected chi connectivity index (χ0v) is 48.2. The number of unbranched alkanes of at least 4 members (excludes halogenated alkanes) is 43. The van der Waals surface area contributed by atoms with Crippen molar-refractivity contribution in [3.05, 3.63) is 0 Å². The maximum absolute atomic E-state index is 12.9. The molecule has 416 valence electrons. The van der Waals surface area contributed by atoms with E-state index in [-0.39, 0.29) is 31.1 Å². The molecule has 0 aliphatic rings. The summed E-state index contributed by atoms with van der Waals surface area (Å²) in [5.74, 6) is 0.866. The van der Waals surface area contributed by atoms with Crippen LogP contribution < -0.4 is 0 Å². The highest BCUT2D eigenvalue weighted by Gasteiger charge is 2.19. The van der Waals surface area contributed by atoms with Gasteiger partial charge < -0.3 is 14.2 Å². The molecule has 0 bridgehead atoms. The van der Waals surface area contributed by atoms with Gasteiger partial charge in [-0.2, -0.15) is 0 Å². The van der Waals surface area contributed by atoms with Crippen molar-refractivity contribution in [3.63, 3.8) is 0 Å². The van der Waals surface area contributed by atoms with Gasteiger partial charge in [-0.05, 0) is 31.1 Å². The summed E-state index contributed by atoms with van der Waals surface area (Å²) in [6.45, 7) is 11.5. The summed E-state index contributed by atoms with van der Waals surface area (Å²) in [5, 5.41) is 0. The molecular formula is C64H124O6. The van der Waals surface area contributed by atoms with Gasteiger partial charge in [0.15, 0.2) is 6.10 Å². The highest BCUT2D eigenvalue weighted by molar-refractivity contribution is 5.71. The minimum Gasteiger partial charge on any atom is -0.462 e. The predicted molar refractivity (Wildman–Crippen MR) is 303 cm³/mol. The highest BCUT2D eigenvalue weighted by atomic mass is 16.6. The molecule has 1 atom stereocenters. The summed E-state index contributed by atoms with van der Waals surface area (Å²) in [6, 6.07) is 0. The Labute approximate surface area is 438 Å². The molecule has 0 amide bonds. The molecule has 0 aliphatic carbocycles. The van der Waals surface area contributed by atoms with Crippen LogP contribution in [0.5, 0.6) is 0 Å². The van der Waals surface area contributed by atoms with E-state index in [0.717, 1.165) is 69.6 Å². The summed E-state index contributed by atoms with van der Waals surface area (Å²) in [5.41, 5.74) is 0. The van der Waals surface area contributed by atoms with Gasteiger partial charge in [0.1, 0.15) is 13.2 Å². The SMILES string of the molecule is CCCCCCCCCCCCCCCCCC(=O)OC[C@H](COC(=O)CCCCCCCCCCCCCCCC(C)C)OC(=O)CCCCCCCCCCCCCCCCCCCCC(C)C. The second kappa shape index (κ2) is 56.7. The lowest BCUT2D eigenvalue weighted by Gasteiger charge is -2.18. The van der Waals surface area contributed by atoms with E-state index in [9.17, 15) is 14.4 Å². The first-order valence-electron chi connectivity index (χ1n) is 31.7. The van der Waals surface area contributed by atoms with E-state index in [2.05, 4.69) is 34.6 Å². The quantitative estimate of drug-likeness (QED) is 0.0343. The van der Waals surface area contributed by atoms with E-state index in [1.165, 1.54) is 250 Å². The van der Waals surface area contributed by atoms with Gasteiger partial charge in [0, 0.05) is 19.3 Å². The van der Waals surface area contributed by atoms with Crippen LogP contribution in [0.2, 0.25) is 0 Å². The lowest BCUT2D eigenvalue weighted by atomic mass is 10.0. The number of hydrogen-bond donors (Lipinski definition) is 0. The van der Waals surface area contributed by atoms with Crippen molar-refractivity contribution in [1.29, 1.82) is 0 Å². The van der Waals surface area contributed by atoms with Crippen molar-refractivity contribution < 1.29 is 28.6 Å². The third-order valence-electron chi connectivity index (χ3n) is 14.7. The number of rotatable bonds is 58. The maximum atomic E-state index is 12.9. The zero-order valence-electron chi connectivity index (χ0n) is 48.2. The average Bonchev–Trinajstić information content (AvgIpc) is 3.33. The fraction of sp³-hybridized carbons (Fsp3) is 0.953. The Bertz CT molecular complexity index is 1070. The molecule has 0 spiro atoms. The molecule has 6 heteroatoms. The number of esters is 3. The molecule has 6 nitrogen and oxygen atoms in total. The molecule has 0 aromatic carbocycles. The van der Waals surface area contributed by atoms with Gasteiger partial charge >= 0.3 is 17.9 Å². The van der Waals surface area contributed by atoms with Crippen molar-refractivity contribution in [3.8, 4) is 0 Å². The highest BCUT2D eigenvalue weighted by Crippen LogP contribution is 2.19. The van der Waals surface area contributed by atoms with Gasteiger partial charge in [0.25, 0.3) is 0 Å². The van der Waals surface area contributed by atoms with Crippen molar-refractivity contribution >= 4 is 17.9 Å². The van der Waals surface area contributed by atoms with E-state index in [4.69, 9.17) is 14.2 Å². The standard InChI is InChI=1S/C64H124O6/c1-6-7-8-9-10-11-12-13-18-24-29-34-39-44-49-54-62(65)68-57-61(58-69-63(66)55-50-45-40-35-30-26-21-23-28-33-38-43-48-53-60(4)5)70-64(67)56-51-46-41-36-31-25-20-17-15-14-16-19-22-27-32-37-42-47-52-59(2)3/h59-61H,6-58H2,1-5H3/t61-/m1/s1. The summed E-state index contributed by atoms with van der Waals surface area (Å²) in [4.78, 5) is 38.3. The van der Waals surface area contributed by atoms with Gasteiger partial charge in [-0.1, -0.05) is 324 Å². The molecular weight excluding hydrogens is 865 g/mol. The third-order valence-corrected chi connectivity index (χ3v) is 14.7. The van der Waals surface area contributed by atoms with Crippen LogP contribution in [0.3, 0.4) is 0 Å². The van der Waals surface area contributed by atoms with Gasteiger partial charge in [0.05, 0.1) is 0 Å². The second-order valence-electron chi connectivity index (χ2n) is 23.0. The number of hydrogen-bond acceptors (Lipinski definition) is 6. The Morgan fingerprint density at radius 2 is 0.471 bits per heavy atom. The number of ether oxygens (including phenoxy) is 3. The number of carbonyl (C=O) groups excluding carboxylic acids is 3. The number of carbonyl (C=O) groups is 3. The molecule has 0 saturated heterocycles. The van der Waals surface area contributed by atoms with Crippen LogP contribution in [0.1, 0.15) is 362 Å². The largest absolute Gasteiger partial charge is 0.462 e. The molecule has 70 heavy (non-hydrogen) atoms. The van der Waals surface area contributed by atoms with E-state index >= 15 is 0 Å². The van der Waals surface area contributed by atoms with E-state index in [0.29, 0.717) is 19.3 Å². The summed E-state index contributed by atoms with van der Waals surface area (Å²) >= 11 is 0. The monoisotopic (exact) mass is 989 g/mol. The summed E-state index contributed by atoms with van der Waals surface area (Å²) < 4.78 is 17.0. The summed E-state index contributed by atoms with van der Waals surface area (Å²) in [7, 11) is 0. The molecule has 0 heterocycles. The Morgan fingerprint density at radius 3 is 0.700 bits per heavy atom. The maximum Gasteiger partial charge on any atom is 0.306 e. The molecule has 0 aromatic heterocycles. The lowest BCUT2D eigenvalue weighted by molar-refractivity contribution is -0.167. The van der Waals surface area contributed by atoms with Crippen molar-refractivity contribution in [2.75, 3.05) is 13.2 Å². The molecule has 0 aromatic rings. The van der Waals surface area contributed by atoms with Crippen LogP contribution in [-0.2, 0) is 28.6 Å². The molecule has 0 saturated carbocycles. The van der Waals surface area contributed by atoms with E-state index in [1.807, 2.05) is 0 Å². The first kappa shape index (κ1) is 68.4. The minimum absolute atomic E-state index is 0.0618. The second-order valence-corrected chi connectivity index (χ2v) is 23.0. The van der Waals surface area contributed by atoms with Gasteiger partial charge in [-0.15, -0.1) is 0 Å².